The van der Waals surface area contributed by atoms with Gasteiger partial charge < -0.3 is 4.74 Å². The van der Waals surface area contributed by atoms with E-state index in [0.29, 0.717) is 0 Å². The lowest BCUT2D eigenvalue weighted by Gasteiger charge is -2.20. The zero-order valence-electron chi connectivity index (χ0n) is 9.21. The molecule has 1 heterocycles. The van der Waals surface area contributed by atoms with Gasteiger partial charge in [0.2, 0.25) is 0 Å². The summed E-state index contributed by atoms with van der Waals surface area (Å²) in [6.07, 6.45) is 0. The van der Waals surface area contributed by atoms with Crippen LogP contribution in [0.15, 0.2) is 12.1 Å². The second-order valence-corrected chi connectivity index (χ2v) is 5.86. The molecule has 0 fully saturated rings. The Morgan fingerprint density at radius 2 is 2.33 bits per heavy atom. The molecule has 0 atom stereocenters. The van der Waals surface area contributed by atoms with Crippen molar-refractivity contribution < 1.29 is 4.74 Å². The van der Waals surface area contributed by atoms with Crippen molar-refractivity contribution in [1.29, 1.82) is 0 Å². The first-order chi connectivity index (χ1) is 7.31. The maximum absolute atomic E-state index is 5.67. The van der Waals surface area contributed by atoms with E-state index in [1.807, 2.05) is 23.5 Å². The standard InChI is InChI=1S/C12H16OS2/c1-3-14-6-10-4-9(2)12-11(5-10)7-15-8-13-12/h4-5H,3,6-8H2,1-2H3. The summed E-state index contributed by atoms with van der Waals surface area (Å²) in [5, 5.41) is 0. The van der Waals surface area contributed by atoms with Crippen LogP contribution in [0.5, 0.6) is 5.75 Å². The molecule has 1 aromatic rings. The van der Waals surface area contributed by atoms with Crippen molar-refractivity contribution in [2.24, 2.45) is 0 Å². The van der Waals surface area contributed by atoms with Crippen LogP contribution in [-0.4, -0.2) is 11.7 Å². The van der Waals surface area contributed by atoms with E-state index in [9.17, 15) is 0 Å². The summed E-state index contributed by atoms with van der Waals surface area (Å²) in [5.74, 6) is 5.33. The average molecular weight is 240 g/mol. The predicted molar refractivity (Wildman–Crippen MR) is 69.8 cm³/mol. The highest BCUT2D eigenvalue weighted by atomic mass is 32.2. The van der Waals surface area contributed by atoms with Gasteiger partial charge in [-0.15, -0.1) is 11.8 Å². The van der Waals surface area contributed by atoms with Gasteiger partial charge >= 0.3 is 0 Å². The topological polar surface area (TPSA) is 9.23 Å². The zero-order chi connectivity index (χ0) is 10.7. The largest absolute Gasteiger partial charge is 0.482 e. The molecule has 0 saturated carbocycles. The molecule has 15 heavy (non-hydrogen) atoms. The van der Waals surface area contributed by atoms with Crippen molar-refractivity contribution in [3.05, 3.63) is 28.8 Å². The van der Waals surface area contributed by atoms with Crippen LogP contribution < -0.4 is 4.74 Å². The van der Waals surface area contributed by atoms with Gasteiger partial charge in [0.05, 0.1) is 0 Å². The quantitative estimate of drug-likeness (QED) is 0.794. The molecule has 0 unspecified atom stereocenters. The van der Waals surface area contributed by atoms with Gasteiger partial charge in [-0.05, 0) is 23.8 Å². The van der Waals surface area contributed by atoms with E-state index in [2.05, 4.69) is 26.0 Å². The minimum atomic E-state index is 0.802. The third-order valence-corrected chi connectivity index (χ3v) is 4.17. The van der Waals surface area contributed by atoms with Gasteiger partial charge in [-0.3, -0.25) is 0 Å². The first kappa shape index (κ1) is 11.2. The molecular formula is C12H16OS2. The van der Waals surface area contributed by atoms with E-state index < -0.39 is 0 Å². The molecular weight excluding hydrogens is 224 g/mol. The summed E-state index contributed by atoms with van der Waals surface area (Å²) < 4.78 is 5.67. The first-order valence-electron chi connectivity index (χ1n) is 5.22. The van der Waals surface area contributed by atoms with Crippen LogP contribution >= 0.6 is 23.5 Å². The number of thioether (sulfide) groups is 2. The number of ether oxygens (including phenoxy) is 1. The fraction of sp³-hybridized carbons (Fsp3) is 0.500. The fourth-order valence-corrected chi connectivity index (χ4v) is 3.12. The molecule has 1 aliphatic heterocycles. The first-order valence-corrected chi connectivity index (χ1v) is 7.53. The average Bonchev–Trinajstić information content (AvgIpc) is 2.26. The van der Waals surface area contributed by atoms with Crippen LogP contribution in [0.3, 0.4) is 0 Å². The number of rotatable bonds is 3. The number of hydrogen-bond donors (Lipinski definition) is 0. The van der Waals surface area contributed by atoms with Crippen LogP contribution in [-0.2, 0) is 11.5 Å². The molecule has 3 heteroatoms. The molecule has 0 bridgehead atoms. The molecule has 0 radical (unpaired) electrons. The molecule has 0 aliphatic carbocycles. The number of benzene rings is 1. The normalized spacial score (nSPS) is 14.5. The van der Waals surface area contributed by atoms with Crippen LogP contribution in [0.1, 0.15) is 23.6 Å². The van der Waals surface area contributed by atoms with Crippen LogP contribution in [0.25, 0.3) is 0 Å². The zero-order valence-corrected chi connectivity index (χ0v) is 10.8. The smallest absolute Gasteiger partial charge is 0.134 e. The van der Waals surface area contributed by atoms with Crippen molar-refractivity contribution in [1.82, 2.24) is 0 Å². The lowest BCUT2D eigenvalue weighted by atomic mass is 10.1. The molecule has 0 spiro atoms. The van der Waals surface area contributed by atoms with Gasteiger partial charge in [-0.25, -0.2) is 0 Å². The summed E-state index contributed by atoms with van der Waals surface area (Å²) in [7, 11) is 0. The van der Waals surface area contributed by atoms with Gasteiger partial charge in [0.15, 0.2) is 0 Å². The highest BCUT2D eigenvalue weighted by Crippen LogP contribution is 2.34. The van der Waals surface area contributed by atoms with Crippen molar-refractivity contribution in [2.45, 2.75) is 25.4 Å². The van der Waals surface area contributed by atoms with Crippen molar-refractivity contribution in [2.75, 3.05) is 11.7 Å². The maximum Gasteiger partial charge on any atom is 0.134 e. The van der Waals surface area contributed by atoms with Crippen LogP contribution in [0.2, 0.25) is 0 Å². The Morgan fingerprint density at radius 3 is 3.13 bits per heavy atom. The molecule has 0 aromatic heterocycles. The van der Waals surface area contributed by atoms with Gasteiger partial charge in [0.25, 0.3) is 0 Å². The predicted octanol–water partition coefficient (Wildman–Crippen LogP) is 3.83. The minimum Gasteiger partial charge on any atom is -0.482 e. The third kappa shape index (κ3) is 2.64. The van der Waals surface area contributed by atoms with Gasteiger partial charge in [-0.1, -0.05) is 19.1 Å². The lowest BCUT2D eigenvalue weighted by Crippen LogP contribution is -2.05. The van der Waals surface area contributed by atoms with Crippen molar-refractivity contribution in [3.8, 4) is 5.75 Å². The van der Waals surface area contributed by atoms with Gasteiger partial charge in [0.1, 0.15) is 11.7 Å². The summed E-state index contributed by atoms with van der Waals surface area (Å²) in [6.45, 7) is 4.35. The van der Waals surface area contributed by atoms with Crippen LogP contribution in [0, 0.1) is 6.92 Å². The van der Waals surface area contributed by atoms with E-state index in [4.69, 9.17) is 4.74 Å². The molecule has 82 valence electrons. The van der Waals surface area contributed by atoms with E-state index in [1.54, 1.807) is 0 Å². The fourth-order valence-electron chi connectivity index (χ4n) is 1.80. The van der Waals surface area contributed by atoms with Crippen molar-refractivity contribution >= 4 is 23.5 Å². The Balaban J connectivity index is 2.24. The summed E-state index contributed by atoms with van der Waals surface area (Å²) in [4.78, 5) is 0. The molecule has 0 saturated heterocycles. The highest BCUT2D eigenvalue weighted by molar-refractivity contribution is 7.98. The molecule has 1 nitrogen and oxygen atoms in total. The lowest BCUT2D eigenvalue weighted by molar-refractivity contribution is 0.381. The molecule has 1 aliphatic rings. The van der Waals surface area contributed by atoms with E-state index in [-0.39, 0.29) is 0 Å². The Bertz CT molecular complexity index is 350. The Labute approximate surface area is 100.0 Å². The molecule has 1 aromatic carbocycles. The molecule has 0 N–H and O–H groups in total. The molecule has 0 amide bonds. The maximum atomic E-state index is 5.67. The van der Waals surface area contributed by atoms with Crippen LogP contribution in [0.4, 0.5) is 0 Å². The minimum absolute atomic E-state index is 0.802. The highest BCUT2D eigenvalue weighted by Gasteiger charge is 2.13. The second-order valence-electron chi connectivity index (χ2n) is 3.65. The number of fused-ring (bicyclic) bond motifs is 1. The van der Waals surface area contributed by atoms with E-state index >= 15 is 0 Å². The Hall–Kier alpha value is -0.280. The third-order valence-electron chi connectivity index (χ3n) is 2.43. The summed E-state index contributed by atoms with van der Waals surface area (Å²) in [6, 6.07) is 4.56. The Kier molecular flexibility index (Phi) is 3.87. The monoisotopic (exact) mass is 240 g/mol. The summed E-state index contributed by atoms with van der Waals surface area (Å²) in [5.41, 5.74) is 4.10. The van der Waals surface area contributed by atoms with Crippen molar-refractivity contribution in [3.63, 3.8) is 0 Å². The van der Waals surface area contributed by atoms with E-state index in [0.717, 1.165) is 23.2 Å². The Morgan fingerprint density at radius 1 is 1.47 bits per heavy atom. The second kappa shape index (κ2) is 5.17. The number of aryl methyl sites for hydroxylation is 1. The van der Waals surface area contributed by atoms with Gasteiger partial charge in [0, 0.05) is 17.1 Å². The number of hydrogen-bond acceptors (Lipinski definition) is 3. The summed E-state index contributed by atoms with van der Waals surface area (Å²) >= 11 is 3.82. The van der Waals surface area contributed by atoms with E-state index in [1.165, 1.54) is 22.4 Å². The molecule has 2 rings (SSSR count). The van der Waals surface area contributed by atoms with Gasteiger partial charge in [-0.2, -0.15) is 11.8 Å². The SMILES string of the molecule is CCSCc1cc(C)c2c(c1)CSCO2.